The van der Waals surface area contributed by atoms with Gasteiger partial charge in [0, 0.05) is 46.7 Å². The number of carbonyl (C=O) groups excluding carboxylic acids is 1. The molecule has 0 radical (unpaired) electrons. The fourth-order valence-electron chi connectivity index (χ4n) is 0.942. The molecule has 0 rings (SSSR count). The van der Waals surface area contributed by atoms with Crippen molar-refractivity contribution in [1.29, 1.82) is 0 Å². The van der Waals surface area contributed by atoms with E-state index in [2.05, 4.69) is 0 Å². The molecule has 0 saturated carbocycles. The summed E-state index contributed by atoms with van der Waals surface area (Å²) in [5.74, 6) is -0.00444. The average molecular weight is 208 g/mol. The molecule has 3 heteroatoms. The van der Waals surface area contributed by atoms with Crippen molar-refractivity contribution in [3.8, 4) is 0 Å². The zero-order valence-electron chi connectivity index (χ0n) is 10.2. The van der Waals surface area contributed by atoms with E-state index in [1.54, 1.807) is 18.4 Å². The van der Waals surface area contributed by atoms with Crippen molar-refractivity contribution >= 4 is 5.78 Å². The second-order valence-corrected chi connectivity index (χ2v) is 3.85. The van der Waals surface area contributed by atoms with Crippen molar-refractivity contribution in [3.63, 3.8) is 0 Å². The van der Waals surface area contributed by atoms with Crippen LogP contribution in [0.5, 0.6) is 0 Å². The highest BCUT2D eigenvalue weighted by Crippen LogP contribution is 1.96. The first-order valence-corrected chi connectivity index (χ1v) is 4.83. The Bertz CT molecular complexity index is 286. The standard InChI is InChI=1S/C12H20N2O/c1-11(10-14(4)5)6-7-12(15)8-9-13(2)3/h6-10H,1-5H3/b7-6+,9-8+,11-10+. The summed E-state index contributed by atoms with van der Waals surface area (Å²) in [6.45, 7) is 1.96. The van der Waals surface area contributed by atoms with Gasteiger partial charge in [0.15, 0.2) is 5.78 Å². The van der Waals surface area contributed by atoms with E-state index < -0.39 is 0 Å². The summed E-state index contributed by atoms with van der Waals surface area (Å²) in [7, 11) is 7.66. The van der Waals surface area contributed by atoms with Gasteiger partial charge in [-0.1, -0.05) is 6.08 Å². The molecule has 0 amide bonds. The molecular weight excluding hydrogens is 188 g/mol. The molecule has 0 aromatic rings. The van der Waals surface area contributed by atoms with Crippen LogP contribution < -0.4 is 0 Å². The van der Waals surface area contributed by atoms with Gasteiger partial charge in [0.1, 0.15) is 0 Å². The lowest BCUT2D eigenvalue weighted by Gasteiger charge is -2.04. The van der Waals surface area contributed by atoms with Gasteiger partial charge >= 0.3 is 0 Å². The van der Waals surface area contributed by atoms with Crippen LogP contribution in [0.2, 0.25) is 0 Å². The Hall–Kier alpha value is -1.51. The number of rotatable bonds is 5. The van der Waals surface area contributed by atoms with Crippen LogP contribution in [0.15, 0.2) is 36.2 Å². The van der Waals surface area contributed by atoms with Gasteiger partial charge in [-0.25, -0.2) is 0 Å². The van der Waals surface area contributed by atoms with Crippen LogP contribution in [0.25, 0.3) is 0 Å². The Morgan fingerprint density at radius 1 is 0.933 bits per heavy atom. The van der Waals surface area contributed by atoms with Gasteiger partial charge in [-0.05, 0) is 18.6 Å². The minimum atomic E-state index is -0.00444. The van der Waals surface area contributed by atoms with Crippen molar-refractivity contribution in [2.45, 2.75) is 6.92 Å². The molecule has 0 atom stereocenters. The molecule has 0 aromatic carbocycles. The highest BCUT2D eigenvalue weighted by Gasteiger charge is 1.89. The third kappa shape index (κ3) is 8.81. The van der Waals surface area contributed by atoms with E-state index in [-0.39, 0.29) is 5.78 Å². The Morgan fingerprint density at radius 2 is 1.53 bits per heavy atom. The maximum atomic E-state index is 11.3. The highest BCUT2D eigenvalue weighted by atomic mass is 16.1. The number of carbonyl (C=O) groups is 1. The fourth-order valence-corrected chi connectivity index (χ4v) is 0.942. The summed E-state index contributed by atoms with van der Waals surface area (Å²) in [6.07, 6.45) is 8.61. The molecule has 0 aliphatic rings. The monoisotopic (exact) mass is 208 g/mol. The molecule has 0 bridgehead atoms. The van der Waals surface area contributed by atoms with Crippen LogP contribution in [0.4, 0.5) is 0 Å². The summed E-state index contributed by atoms with van der Waals surface area (Å²) in [5.41, 5.74) is 1.05. The number of ketones is 1. The molecule has 15 heavy (non-hydrogen) atoms. The molecule has 0 unspecified atom stereocenters. The molecule has 0 saturated heterocycles. The molecular formula is C12H20N2O. The minimum Gasteiger partial charge on any atom is -0.383 e. The minimum absolute atomic E-state index is 0.00444. The lowest BCUT2D eigenvalue weighted by molar-refractivity contribution is -0.110. The second-order valence-electron chi connectivity index (χ2n) is 3.85. The Labute approximate surface area is 92.4 Å². The van der Waals surface area contributed by atoms with Crippen LogP contribution in [-0.4, -0.2) is 43.8 Å². The Morgan fingerprint density at radius 3 is 2.00 bits per heavy atom. The molecule has 0 spiro atoms. The molecule has 0 aliphatic heterocycles. The van der Waals surface area contributed by atoms with Gasteiger partial charge in [0.05, 0.1) is 0 Å². The van der Waals surface area contributed by atoms with E-state index >= 15 is 0 Å². The quantitative estimate of drug-likeness (QED) is 0.507. The Kier molecular flexibility index (Phi) is 6.18. The van der Waals surface area contributed by atoms with E-state index in [1.165, 1.54) is 0 Å². The van der Waals surface area contributed by atoms with Crippen molar-refractivity contribution in [2.75, 3.05) is 28.2 Å². The Balaban J connectivity index is 4.23. The molecule has 0 aliphatic carbocycles. The van der Waals surface area contributed by atoms with Gasteiger partial charge in [-0.3, -0.25) is 4.79 Å². The molecule has 0 heterocycles. The van der Waals surface area contributed by atoms with Crippen LogP contribution in [0, 0.1) is 0 Å². The summed E-state index contributed by atoms with van der Waals surface area (Å²) in [4.78, 5) is 15.1. The number of allylic oxidation sites excluding steroid dienone is 4. The van der Waals surface area contributed by atoms with E-state index in [4.69, 9.17) is 0 Å². The topological polar surface area (TPSA) is 23.6 Å². The summed E-state index contributed by atoms with van der Waals surface area (Å²) < 4.78 is 0. The number of hydrogen-bond donors (Lipinski definition) is 0. The maximum Gasteiger partial charge on any atom is 0.180 e. The first kappa shape index (κ1) is 13.5. The third-order valence-electron chi connectivity index (χ3n) is 1.51. The zero-order valence-corrected chi connectivity index (χ0v) is 10.2. The maximum absolute atomic E-state index is 11.3. The number of nitrogens with zero attached hydrogens (tertiary/aromatic N) is 2. The lowest BCUT2D eigenvalue weighted by Crippen LogP contribution is -2.02. The fraction of sp³-hybridized carbons (Fsp3) is 0.417. The van der Waals surface area contributed by atoms with Crippen LogP contribution >= 0.6 is 0 Å². The largest absolute Gasteiger partial charge is 0.383 e. The van der Waals surface area contributed by atoms with Crippen molar-refractivity contribution in [2.24, 2.45) is 0 Å². The van der Waals surface area contributed by atoms with E-state index in [0.29, 0.717) is 0 Å². The van der Waals surface area contributed by atoms with Gasteiger partial charge < -0.3 is 9.80 Å². The molecule has 0 fully saturated rings. The first-order chi connectivity index (χ1) is 6.91. The van der Waals surface area contributed by atoms with Crippen molar-refractivity contribution < 1.29 is 4.79 Å². The summed E-state index contributed by atoms with van der Waals surface area (Å²) >= 11 is 0. The average Bonchev–Trinajstić information content (AvgIpc) is 2.10. The van der Waals surface area contributed by atoms with Crippen LogP contribution in [0.3, 0.4) is 0 Å². The summed E-state index contributed by atoms with van der Waals surface area (Å²) in [5, 5.41) is 0. The molecule has 0 N–H and O–H groups in total. The zero-order chi connectivity index (χ0) is 11.8. The van der Waals surface area contributed by atoms with Gasteiger partial charge in [0.25, 0.3) is 0 Å². The SMILES string of the molecule is CC(/C=C/C(=O)/C=C/N(C)C)=C\N(C)C. The summed E-state index contributed by atoms with van der Waals surface area (Å²) in [6, 6.07) is 0. The smallest absolute Gasteiger partial charge is 0.180 e. The van der Waals surface area contributed by atoms with Gasteiger partial charge in [-0.15, -0.1) is 0 Å². The van der Waals surface area contributed by atoms with Crippen molar-refractivity contribution in [1.82, 2.24) is 9.80 Å². The van der Waals surface area contributed by atoms with Crippen LogP contribution in [-0.2, 0) is 4.79 Å². The van der Waals surface area contributed by atoms with E-state index in [9.17, 15) is 4.79 Å². The first-order valence-electron chi connectivity index (χ1n) is 4.83. The predicted octanol–water partition coefficient (Wildman–Crippen LogP) is 1.65. The molecule has 3 nitrogen and oxygen atoms in total. The third-order valence-corrected chi connectivity index (χ3v) is 1.51. The van der Waals surface area contributed by atoms with E-state index in [1.807, 2.05) is 57.2 Å². The predicted molar refractivity (Wildman–Crippen MR) is 64.4 cm³/mol. The molecule has 0 aromatic heterocycles. The lowest BCUT2D eigenvalue weighted by atomic mass is 10.2. The van der Waals surface area contributed by atoms with E-state index in [0.717, 1.165) is 5.57 Å². The highest BCUT2D eigenvalue weighted by molar-refractivity contribution is 5.99. The molecule has 84 valence electrons. The number of hydrogen-bond acceptors (Lipinski definition) is 3. The van der Waals surface area contributed by atoms with Gasteiger partial charge in [-0.2, -0.15) is 0 Å². The van der Waals surface area contributed by atoms with Crippen LogP contribution in [0.1, 0.15) is 6.92 Å². The van der Waals surface area contributed by atoms with Crippen molar-refractivity contribution in [3.05, 3.63) is 36.2 Å². The normalized spacial score (nSPS) is 12.5. The van der Waals surface area contributed by atoms with Gasteiger partial charge in [0.2, 0.25) is 0 Å². The second kappa shape index (κ2) is 6.87.